The molecule has 3 heterocycles. The van der Waals surface area contributed by atoms with Crippen LogP contribution >= 0.6 is 0 Å². The van der Waals surface area contributed by atoms with Crippen LogP contribution in [0.15, 0.2) is 97.3 Å². The van der Waals surface area contributed by atoms with E-state index < -0.39 is 11.3 Å². The summed E-state index contributed by atoms with van der Waals surface area (Å²) >= 11 is 0. The average Bonchev–Trinajstić information content (AvgIpc) is 2.88. The van der Waals surface area contributed by atoms with Gasteiger partial charge in [-0.3, -0.25) is 4.90 Å². The maximum absolute atomic E-state index is 12.8. The second-order valence-electron chi connectivity index (χ2n) is 8.80. The molecule has 6 rings (SSSR count). The molecular formula is C29H23NO5. The molecule has 0 saturated carbocycles. The third kappa shape index (κ3) is 4.13. The minimum Gasteiger partial charge on any atom is -0.478 e. The Morgan fingerprint density at radius 2 is 1.66 bits per heavy atom. The van der Waals surface area contributed by atoms with Crippen LogP contribution in [0.4, 0.5) is 0 Å². The molecule has 6 heteroatoms. The van der Waals surface area contributed by atoms with Crippen molar-refractivity contribution in [3.8, 4) is 16.9 Å². The van der Waals surface area contributed by atoms with Crippen LogP contribution in [-0.4, -0.2) is 18.2 Å². The first-order valence-electron chi connectivity index (χ1n) is 11.7. The van der Waals surface area contributed by atoms with E-state index in [1.165, 1.54) is 11.6 Å². The van der Waals surface area contributed by atoms with E-state index in [1.807, 2.05) is 36.4 Å². The first-order valence-corrected chi connectivity index (χ1v) is 11.7. The summed E-state index contributed by atoms with van der Waals surface area (Å²) in [7, 11) is 0. The molecule has 0 amide bonds. The maximum Gasteiger partial charge on any atom is 0.344 e. The molecule has 2 aromatic heterocycles. The fraction of sp³-hybridized carbons (Fsp3) is 0.172. The summed E-state index contributed by atoms with van der Waals surface area (Å²) in [6.45, 7) is 1.93. The summed E-state index contributed by atoms with van der Waals surface area (Å²) in [5, 5.41) is 1.47. The minimum absolute atomic E-state index is 0.331. The molecule has 0 atom stereocenters. The van der Waals surface area contributed by atoms with Crippen molar-refractivity contribution in [1.29, 1.82) is 0 Å². The maximum atomic E-state index is 12.8. The Bertz CT molecular complexity index is 1650. The Labute approximate surface area is 201 Å². The highest BCUT2D eigenvalue weighted by molar-refractivity contribution is 5.97. The summed E-state index contributed by atoms with van der Waals surface area (Å²) < 4.78 is 17.2. The summed E-state index contributed by atoms with van der Waals surface area (Å²) in [4.78, 5) is 27.6. The highest BCUT2D eigenvalue weighted by Crippen LogP contribution is 2.36. The molecular weight excluding hydrogens is 442 g/mol. The van der Waals surface area contributed by atoms with Gasteiger partial charge in [-0.05, 0) is 42.7 Å². The molecule has 174 valence electrons. The molecule has 35 heavy (non-hydrogen) atoms. The molecule has 5 aromatic rings. The monoisotopic (exact) mass is 465 g/mol. The lowest BCUT2D eigenvalue weighted by Gasteiger charge is -2.29. The van der Waals surface area contributed by atoms with E-state index in [4.69, 9.17) is 13.6 Å². The molecule has 0 aliphatic carbocycles. The van der Waals surface area contributed by atoms with Gasteiger partial charge in [0.15, 0.2) is 0 Å². The standard InChI is InChI=1S/C29H23NO5/c31-27-16-22(23-15-20-10-4-5-11-25(20)34-29(23)32)21-12-13-26-24(28(21)35-27)17-30(18-33-26)14-6-9-19-7-2-1-3-8-19/h1-5,7-8,10-13,15-16H,6,9,14,17-18H2. The zero-order valence-corrected chi connectivity index (χ0v) is 19.0. The molecule has 1 aliphatic rings. The number of hydrogen-bond acceptors (Lipinski definition) is 6. The van der Waals surface area contributed by atoms with E-state index in [2.05, 4.69) is 29.2 Å². The van der Waals surface area contributed by atoms with Crippen molar-refractivity contribution in [1.82, 2.24) is 4.90 Å². The van der Waals surface area contributed by atoms with Gasteiger partial charge in [-0.2, -0.15) is 0 Å². The number of hydrogen-bond donors (Lipinski definition) is 0. The van der Waals surface area contributed by atoms with Gasteiger partial charge in [0.1, 0.15) is 23.6 Å². The molecule has 0 unspecified atom stereocenters. The van der Waals surface area contributed by atoms with E-state index in [0.29, 0.717) is 46.7 Å². The Balaban J connectivity index is 1.36. The second-order valence-corrected chi connectivity index (χ2v) is 8.80. The van der Waals surface area contributed by atoms with Gasteiger partial charge in [0.05, 0.1) is 11.1 Å². The van der Waals surface area contributed by atoms with Gasteiger partial charge in [-0.15, -0.1) is 0 Å². The Hall–Kier alpha value is -4.16. The number of ether oxygens (including phenoxy) is 1. The average molecular weight is 466 g/mol. The van der Waals surface area contributed by atoms with Gasteiger partial charge in [0.2, 0.25) is 0 Å². The summed E-state index contributed by atoms with van der Waals surface area (Å²) in [5.41, 5.74) is 2.90. The molecule has 1 aliphatic heterocycles. The van der Waals surface area contributed by atoms with E-state index >= 15 is 0 Å². The Kier molecular flexibility index (Phi) is 5.43. The van der Waals surface area contributed by atoms with Crippen LogP contribution < -0.4 is 16.0 Å². The number of rotatable bonds is 5. The highest BCUT2D eigenvalue weighted by atomic mass is 16.5. The number of para-hydroxylation sites is 1. The number of benzene rings is 3. The van der Waals surface area contributed by atoms with E-state index in [1.54, 1.807) is 12.1 Å². The first-order chi connectivity index (χ1) is 17.2. The lowest BCUT2D eigenvalue weighted by molar-refractivity contribution is 0.0946. The summed E-state index contributed by atoms with van der Waals surface area (Å²) in [5.74, 6) is 0.697. The lowest BCUT2D eigenvalue weighted by atomic mass is 9.99. The van der Waals surface area contributed by atoms with Crippen LogP contribution in [0.3, 0.4) is 0 Å². The van der Waals surface area contributed by atoms with Crippen molar-refractivity contribution in [2.75, 3.05) is 13.3 Å². The van der Waals surface area contributed by atoms with Crippen molar-refractivity contribution in [2.45, 2.75) is 19.4 Å². The quantitative estimate of drug-likeness (QED) is 0.326. The van der Waals surface area contributed by atoms with Gasteiger partial charge in [0, 0.05) is 35.5 Å². The lowest BCUT2D eigenvalue weighted by Crippen LogP contribution is -2.33. The smallest absolute Gasteiger partial charge is 0.344 e. The van der Waals surface area contributed by atoms with Crippen molar-refractivity contribution in [3.63, 3.8) is 0 Å². The number of fused-ring (bicyclic) bond motifs is 4. The molecule has 0 N–H and O–H groups in total. The van der Waals surface area contributed by atoms with Crippen molar-refractivity contribution in [3.05, 3.63) is 111 Å². The molecule has 0 radical (unpaired) electrons. The number of nitrogens with zero attached hydrogens (tertiary/aromatic N) is 1. The van der Waals surface area contributed by atoms with Gasteiger partial charge < -0.3 is 13.6 Å². The summed E-state index contributed by atoms with van der Waals surface area (Å²) in [6.07, 6.45) is 1.97. The normalized spacial score (nSPS) is 13.6. The molecule has 0 saturated heterocycles. The largest absolute Gasteiger partial charge is 0.478 e. The first kappa shape index (κ1) is 21.4. The molecule has 6 nitrogen and oxygen atoms in total. The third-order valence-electron chi connectivity index (χ3n) is 6.47. The SMILES string of the molecule is O=c1cc(-c2cc3ccccc3oc2=O)c2ccc3c(c2o1)CN(CCCc1ccccc1)CO3. The topological polar surface area (TPSA) is 72.9 Å². The van der Waals surface area contributed by atoms with E-state index in [9.17, 15) is 9.59 Å². The highest BCUT2D eigenvalue weighted by Gasteiger charge is 2.23. The Morgan fingerprint density at radius 3 is 2.54 bits per heavy atom. The summed E-state index contributed by atoms with van der Waals surface area (Å²) in [6, 6.07) is 24.6. The molecule has 0 spiro atoms. The van der Waals surface area contributed by atoms with Crippen LogP contribution in [0.1, 0.15) is 17.5 Å². The third-order valence-corrected chi connectivity index (χ3v) is 6.47. The van der Waals surface area contributed by atoms with Crippen LogP contribution in [0.2, 0.25) is 0 Å². The fourth-order valence-electron chi connectivity index (χ4n) is 4.75. The van der Waals surface area contributed by atoms with E-state index in [-0.39, 0.29) is 0 Å². The predicted octanol–water partition coefficient (Wildman–Crippen LogP) is 5.35. The molecule has 0 bridgehead atoms. The minimum atomic E-state index is -0.519. The fourth-order valence-corrected chi connectivity index (χ4v) is 4.75. The molecule has 0 fully saturated rings. The van der Waals surface area contributed by atoms with Crippen LogP contribution in [0.25, 0.3) is 33.1 Å². The van der Waals surface area contributed by atoms with Crippen molar-refractivity contribution >= 4 is 21.9 Å². The van der Waals surface area contributed by atoms with Crippen molar-refractivity contribution in [2.24, 2.45) is 0 Å². The van der Waals surface area contributed by atoms with Crippen LogP contribution in [-0.2, 0) is 13.0 Å². The van der Waals surface area contributed by atoms with Crippen LogP contribution in [0.5, 0.6) is 5.75 Å². The van der Waals surface area contributed by atoms with Crippen LogP contribution in [0, 0.1) is 0 Å². The zero-order valence-electron chi connectivity index (χ0n) is 19.0. The van der Waals surface area contributed by atoms with Gasteiger partial charge in [-0.1, -0.05) is 48.5 Å². The Morgan fingerprint density at radius 1 is 0.829 bits per heavy atom. The van der Waals surface area contributed by atoms with E-state index in [0.717, 1.165) is 30.3 Å². The second kappa shape index (κ2) is 8.89. The zero-order chi connectivity index (χ0) is 23.8. The van der Waals surface area contributed by atoms with Gasteiger partial charge in [0.25, 0.3) is 0 Å². The van der Waals surface area contributed by atoms with Crippen molar-refractivity contribution < 1.29 is 13.6 Å². The number of aryl methyl sites for hydroxylation is 1. The molecule has 3 aromatic carbocycles. The predicted molar refractivity (Wildman–Crippen MR) is 135 cm³/mol. The van der Waals surface area contributed by atoms with Gasteiger partial charge in [-0.25, -0.2) is 9.59 Å². The van der Waals surface area contributed by atoms with Gasteiger partial charge >= 0.3 is 11.3 Å².